The Morgan fingerprint density at radius 2 is 2.06 bits per heavy atom. The summed E-state index contributed by atoms with van der Waals surface area (Å²) >= 11 is 5.96. The van der Waals surface area contributed by atoms with Crippen molar-refractivity contribution in [1.29, 1.82) is 5.26 Å². The van der Waals surface area contributed by atoms with Crippen LogP contribution in [0.15, 0.2) is 36.7 Å². The highest BCUT2D eigenvalue weighted by Crippen LogP contribution is 2.26. The fourth-order valence-corrected chi connectivity index (χ4v) is 1.68. The van der Waals surface area contributed by atoms with Crippen molar-refractivity contribution in [1.82, 2.24) is 9.97 Å². The van der Waals surface area contributed by atoms with Crippen molar-refractivity contribution in [3.8, 4) is 6.07 Å². The Bertz CT molecular complexity index is 577. The lowest BCUT2D eigenvalue weighted by atomic mass is 10.2. The SMILES string of the molecule is CN(c1cccc(C#N)c1)c1nccnc1Cl. The molecule has 2 aromatic rings. The van der Waals surface area contributed by atoms with Gasteiger partial charge in [0.15, 0.2) is 11.0 Å². The smallest absolute Gasteiger partial charge is 0.172 e. The molecule has 1 aromatic carbocycles. The summed E-state index contributed by atoms with van der Waals surface area (Å²) < 4.78 is 0. The molecule has 0 aliphatic rings. The Hall–Kier alpha value is -2.12. The van der Waals surface area contributed by atoms with Gasteiger partial charge in [0.1, 0.15) is 0 Å². The van der Waals surface area contributed by atoms with Crippen molar-refractivity contribution in [2.75, 3.05) is 11.9 Å². The second-order valence-electron chi connectivity index (χ2n) is 3.39. The Kier molecular flexibility index (Phi) is 3.22. The summed E-state index contributed by atoms with van der Waals surface area (Å²) in [4.78, 5) is 9.91. The molecule has 0 aliphatic carbocycles. The highest BCUT2D eigenvalue weighted by molar-refractivity contribution is 6.31. The number of aromatic nitrogens is 2. The molecule has 2 rings (SSSR count). The summed E-state index contributed by atoms with van der Waals surface area (Å²) in [6.07, 6.45) is 3.11. The van der Waals surface area contributed by atoms with E-state index < -0.39 is 0 Å². The van der Waals surface area contributed by atoms with Gasteiger partial charge in [0, 0.05) is 25.1 Å². The normalized spacial score (nSPS) is 9.71. The maximum absolute atomic E-state index is 8.85. The van der Waals surface area contributed by atoms with Crippen molar-refractivity contribution in [2.45, 2.75) is 0 Å². The van der Waals surface area contributed by atoms with Crippen LogP contribution in [0.4, 0.5) is 11.5 Å². The quantitative estimate of drug-likeness (QED) is 0.815. The van der Waals surface area contributed by atoms with Gasteiger partial charge >= 0.3 is 0 Å². The molecule has 0 amide bonds. The molecule has 0 bridgehead atoms. The predicted molar refractivity (Wildman–Crippen MR) is 66.3 cm³/mol. The van der Waals surface area contributed by atoms with Gasteiger partial charge in [-0.25, -0.2) is 9.97 Å². The van der Waals surface area contributed by atoms with E-state index >= 15 is 0 Å². The largest absolute Gasteiger partial charge is 0.327 e. The second kappa shape index (κ2) is 4.81. The summed E-state index contributed by atoms with van der Waals surface area (Å²) in [6.45, 7) is 0. The molecular weight excluding hydrogens is 236 g/mol. The first-order valence-electron chi connectivity index (χ1n) is 4.93. The molecule has 5 heteroatoms. The Balaban J connectivity index is 2.41. The van der Waals surface area contributed by atoms with Gasteiger partial charge in [0.25, 0.3) is 0 Å². The van der Waals surface area contributed by atoms with Gasteiger partial charge in [-0.2, -0.15) is 5.26 Å². The number of nitriles is 1. The van der Waals surface area contributed by atoms with Crippen LogP contribution < -0.4 is 4.90 Å². The van der Waals surface area contributed by atoms with Gasteiger partial charge in [0.2, 0.25) is 0 Å². The molecule has 0 unspecified atom stereocenters. The van der Waals surface area contributed by atoms with E-state index in [9.17, 15) is 0 Å². The Morgan fingerprint density at radius 1 is 1.29 bits per heavy atom. The minimum Gasteiger partial charge on any atom is -0.327 e. The van der Waals surface area contributed by atoms with Crippen molar-refractivity contribution in [3.63, 3.8) is 0 Å². The summed E-state index contributed by atoms with van der Waals surface area (Å²) in [6, 6.07) is 9.30. The zero-order valence-electron chi connectivity index (χ0n) is 9.13. The number of anilines is 2. The van der Waals surface area contributed by atoms with Crippen LogP contribution in [0.3, 0.4) is 0 Å². The van der Waals surface area contributed by atoms with Crippen LogP contribution in [-0.2, 0) is 0 Å². The van der Waals surface area contributed by atoms with Gasteiger partial charge in [-0.1, -0.05) is 17.7 Å². The maximum atomic E-state index is 8.85. The highest BCUT2D eigenvalue weighted by atomic mass is 35.5. The van der Waals surface area contributed by atoms with E-state index in [0.29, 0.717) is 16.5 Å². The van der Waals surface area contributed by atoms with Crippen molar-refractivity contribution in [3.05, 3.63) is 47.4 Å². The molecule has 0 N–H and O–H groups in total. The summed E-state index contributed by atoms with van der Waals surface area (Å²) in [5, 5.41) is 9.18. The molecule has 0 fully saturated rings. The summed E-state index contributed by atoms with van der Waals surface area (Å²) in [5.41, 5.74) is 1.43. The molecule has 0 spiro atoms. The van der Waals surface area contributed by atoms with Crippen molar-refractivity contribution < 1.29 is 0 Å². The lowest BCUT2D eigenvalue weighted by Gasteiger charge is -2.18. The topological polar surface area (TPSA) is 52.8 Å². The average Bonchev–Trinajstić information content (AvgIpc) is 2.38. The highest BCUT2D eigenvalue weighted by Gasteiger charge is 2.10. The monoisotopic (exact) mass is 244 g/mol. The van der Waals surface area contributed by atoms with Crippen LogP contribution in [0, 0.1) is 11.3 Å². The summed E-state index contributed by atoms with van der Waals surface area (Å²) in [5.74, 6) is 0.559. The zero-order valence-corrected chi connectivity index (χ0v) is 9.89. The van der Waals surface area contributed by atoms with Gasteiger partial charge in [-0.3, -0.25) is 0 Å². The Morgan fingerprint density at radius 3 is 2.76 bits per heavy atom. The average molecular weight is 245 g/mol. The number of halogens is 1. The molecule has 0 atom stereocenters. The van der Waals surface area contributed by atoms with Crippen LogP contribution >= 0.6 is 11.6 Å². The van der Waals surface area contributed by atoms with Crippen molar-refractivity contribution in [2.24, 2.45) is 0 Å². The zero-order chi connectivity index (χ0) is 12.3. The van der Waals surface area contributed by atoms with E-state index in [1.807, 2.05) is 19.2 Å². The van der Waals surface area contributed by atoms with Crippen molar-refractivity contribution >= 4 is 23.1 Å². The van der Waals surface area contributed by atoms with E-state index in [0.717, 1.165) is 5.69 Å². The molecule has 17 heavy (non-hydrogen) atoms. The Labute approximate surface area is 104 Å². The number of nitrogens with zero attached hydrogens (tertiary/aromatic N) is 4. The van der Waals surface area contributed by atoms with E-state index in [4.69, 9.17) is 16.9 Å². The second-order valence-corrected chi connectivity index (χ2v) is 3.75. The van der Waals surface area contributed by atoms with Gasteiger partial charge in [-0.15, -0.1) is 0 Å². The lowest BCUT2D eigenvalue weighted by molar-refractivity contribution is 1.09. The van der Waals surface area contributed by atoms with Crippen LogP contribution in [-0.4, -0.2) is 17.0 Å². The molecule has 4 nitrogen and oxygen atoms in total. The third-order valence-corrected chi connectivity index (χ3v) is 2.58. The van der Waals surface area contributed by atoms with Gasteiger partial charge < -0.3 is 4.90 Å². The lowest BCUT2D eigenvalue weighted by Crippen LogP contribution is -2.12. The molecule has 0 saturated heterocycles. The number of hydrogen-bond acceptors (Lipinski definition) is 4. The number of benzene rings is 1. The maximum Gasteiger partial charge on any atom is 0.172 e. The summed E-state index contributed by atoms with van der Waals surface area (Å²) in [7, 11) is 1.83. The minimum atomic E-state index is 0.331. The van der Waals surface area contributed by atoms with Crippen LogP contribution in [0.2, 0.25) is 5.15 Å². The van der Waals surface area contributed by atoms with Gasteiger partial charge in [-0.05, 0) is 18.2 Å². The van der Waals surface area contributed by atoms with E-state index in [1.54, 1.807) is 23.2 Å². The molecule has 0 radical (unpaired) electrons. The molecule has 1 aromatic heterocycles. The first-order chi connectivity index (χ1) is 8.22. The first kappa shape index (κ1) is 11.4. The van der Waals surface area contributed by atoms with E-state index in [1.165, 1.54) is 6.20 Å². The standard InChI is InChI=1S/C12H9ClN4/c1-17(12-11(13)15-5-6-16-12)10-4-2-3-9(7-10)8-14/h2-7H,1H3. The first-order valence-corrected chi connectivity index (χ1v) is 5.30. The number of hydrogen-bond donors (Lipinski definition) is 0. The molecular formula is C12H9ClN4. The fraction of sp³-hybridized carbons (Fsp3) is 0.0833. The van der Waals surface area contributed by atoms with E-state index in [2.05, 4.69) is 16.0 Å². The molecule has 84 valence electrons. The predicted octanol–water partition coefficient (Wildman–Crippen LogP) is 2.77. The minimum absolute atomic E-state index is 0.331. The van der Waals surface area contributed by atoms with E-state index in [-0.39, 0.29) is 0 Å². The molecule has 0 aliphatic heterocycles. The van der Waals surface area contributed by atoms with Crippen LogP contribution in [0.1, 0.15) is 5.56 Å². The number of rotatable bonds is 2. The third kappa shape index (κ3) is 2.35. The van der Waals surface area contributed by atoms with Gasteiger partial charge in [0.05, 0.1) is 11.6 Å². The third-order valence-electron chi connectivity index (χ3n) is 2.32. The van der Waals surface area contributed by atoms with Crippen LogP contribution in [0.25, 0.3) is 0 Å². The van der Waals surface area contributed by atoms with Crippen LogP contribution in [0.5, 0.6) is 0 Å². The molecule has 0 saturated carbocycles. The fourth-order valence-electron chi connectivity index (χ4n) is 1.45. The molecule has 1 heterocycles.